The van der Waals surface area contributed by atoms with Crippen LogP contribution < -0.4 is 15.5 Å². The quantitative estimate of drug-likeness (QED) is 0.749. The van der Waals surface area contributed by atoms with Gasteiger partial charge in [-0.05, 0) is 32.5 Å². The van der Waals surface area contributed by atoms with Crippen LogP contribution in [0, 0.1) is 0 Å². The number of carbonyl (C=O) groups is 1. The number of aliphatic hydroxyl groups is 1. The molecule has 5 nitrogen and oxygen atoms in total. The summed E-state index contributed by atoms with van der Waals surface area (Å²) in [7, 11) is 1.75. The molecule has 1 heterocycles. The molecule has 0 radical (unpaired) electrons. The summed E-state index contributed by atoms with van der Waals surface area (Å²) in [6.07, 6.45) is 0.687. The van der Waals surface area contributed by atoms with Gasteiger partial charge in [-0.25, -0.2) is 0 Å². The third-order valence-electron chi connectivity index (χ3n) is 3.55. The molecule has 0 aromatic heterocycles. The Morgan fingerprint density at radius 1 is 1.50 bits per heavy atom. The number of benzene rings is 1. The van der Waals surface area contributed by atoms with Crippen molar-refractivity contribution in [2.24, 2.45) is 0 Å². The summed E-state index contributed by atoms with van der Waals surface area (Å²) in [5.74, 6) is -0.0610. The molecule has 0 bridgehead atoms. The molecular weight excluding hydrogens is 278 g/mol. The molecule has 0 saturated carbocycles. The Hall–Kier alpha value is -1.30. The minimum absolute atomic E-state index is 0.0610. The van der Waals surface area contributed by atoms with Crippen LogP contribution in [-0.2, 0) is 4.79 Å². The first kappa shape index (κ1) is 15.1. The lowest BCUT2D eigenvalue weighted by molar-refractivity contribution is -0.117. The molecule has 0 aliphatic carbocycles. The van der Waals surface area contributed by atoms with Gasteiger partial charge in [0.25, 0.3) is 0 Å². The molecule has 1 aromatic carbocycles. The Morgan fingerprint density at radius 3 is 2.85 bits per heavy atom. The van der Waals surface area contributed by atoms with Gasteiger partial charge in [0.2, 0.25) is 5.91 Å². The summed E-state index contributed by atoms with van der Waals surface area (Å²) in [4.78, 5) is 13.9. The van der Waals surface area contributed by atoms with Gasteiger partial charge < -0.3 is 20.6 Å². The third-order valence-corrected chi connectivity index (χ3v) is 3.85. The molecule has 2 rings (SSSR count). The molecule has 1 amide bonds. The van der Waals surface area contributed by atoms with Crippen molar-refractivity contribution < 1.29 is 9.90 Å². The van der Waals surface area contributed by atoms with E-state index >= 15 is 0 Å². The number of nitrogens with one attached hydrogen (secondary N) is 2. The van der Waals surface area contributed by atoms with E-state index in [0.717, 1.165) is 30.0 Å². The van der Waals surface area contributed by atoms with E-state index in [1.165, 1.54) is 0 Å². The van der Waals surface area contributed by atoms with E-state index in [2.05, 4.69) is 15.5 Å². The number of hydrogen-bond donors (Lipinski definition) is 3. The van der Waals surface area contributed by atoms with E-state index in [9.17, 15) is 4.79 Å². The van der Waals surface area contributed by atoms with Crippen molar-refractivity contribution in [3.05, 3.63) is 22.7 Å². The molecule has 3 N–H and O–H groups in total. The van der Waals surface area contributed by atoms with E-state index in [-0.39, 0.29) is 18.6 Å². The van der Waals surface area contributed by atoms with Gasteiger partial charge in [-0.1, -0.05) is 11.6 Å². The van der Waals surface area contributed by atoms with Crippen LogP contribution in [0.15, 0.2) is 12.1 Å². The van der Waals surface area contributed by atoms with Crippen molar-refractivity contribution in [1.29, 1.82) is 0 Å². The monoisotopic (exact) mass is 297 g/mol. The number of halogens is 1. The Bertz CT molecular complexity index is 507. The summed E-state index contributed by atoms with van der Waals surface area (Å²) in [6.45, 7) is 3.71. The minimum atomic E-state index is -0.343. The lowest BCUT2D eigenvalue weighted by atomic mass is 10.1. The second-order valence-corrected chi connectivity index (χ2v) is 5.17. The van der Waals surface area contributed by atoms with Crippen molar-refractivity contribution in [2.45, 2.75) is 19.4 Å². The highest BCUT2D eigenvalue weighted by molar-refractivity contribution is 6.33. The third kappa shape index (κ3) is 2.75. The van der Waals surface area contributed by atoms with E-state index in [1.54, 1.807) is 7.05 Å². The Labute approximate surface area is 123 Å². The Kier molecular flexibility index (Phi) is 4.86. The van der Waals surface area contributed by atoms with E-state index in [4.69, 9.17) is 16.7 Å². The molecular formula is C14H20ClN3O2. The van der Waals surface area contributed by atoms with Crippen molar-refractivity contribution in [2.75, 3.05) is 37.0 Å². The summed E-state index contributed by atoms with van der Waals surface area (Å²) in [5, 5.41) is 15.4. The average Bonchev–Trinajstić information content (AvgIpc) is 2.74. The number of hydrogen-bond acceptors (Lipinski definition) is 4. The van der Waals surface area contributed by atoms with Crippen LogP contribution in [0.25, 0.3) is 0 Å². The molecule has 0 fully saturated rings. The zero-order valence-electron chi connectivity index (χ0n) is 11.7. The first-order valence-electron chi connectivity index (χ1n) is 6.79. The largest absolute Gasteiger partial charge is 0.396 e. The van der Waals surface area contributed by atoms with Crippen molar-refractivity contribution >= 4 is 28.9 Å². The summed E-state index contributed by atoms with van der Waals surface area (Å²) < 4.78 is 0. The topological polar surface area (TPSA) is 64.6 Å². The van der Waals surface area contributed by atoms with Crippen molar-refractivity contribution in [3.8, 4) is 0 Å². The maximum absolute atomic E-state index is 11.8. The van der Waals surface area contributed by atoms with Gasteiger partial charge in [-0.3, -0.25) is 4.79 Å². The van der Waals surface area contributed by atoms with Crippen molar-refractivity contribution in [3.63, 3.8) is 0 Å². The number of rotatable bonds is 6. The number of nitrogens with zero attached hydrogens (tertiary/aromatic N) is 1. The van der Waals surface area contributed by atoms with Crippen molar-refractivity contribution in [1.82, 2.24) is 5.32 Å². The first-order valence-corrected chi connectivity index (χ1v) is 7.17. The van der Waals surface area contributed by atoms with Gasteiger partial charge in [0, 0.05) is 30.9 Å². The highest BCUT2D eigenvalue weighted by Gasteiger charge is 2.30. The average molecular weight is 298 g/mol. The summed E-state index contributed by atoms with van der Waals surface area (Å²) in [5.41, 5.74) is 2.57. The van der Waals surface area contributed by atoms with Crippen LogP contribution in [-0.4, -0.2) is 37.8 Å². The molecule has 1 aliphatic rings. The number of fused-ring (bicyclic) bond motifs is 1. The molecule has 20 heavy (non-hydrogen) atoms. The molecule has 0 saturated heterocycles. The normalized spacial score (nSPS) is 17.0. The second kappa shape index (κ2) is 6.43. The van der Waals surface area contributed by atoms with Gasteiger partial charge in [0.05, 0.1) is 10.7 Å². The molecule has 1 aliphatic heterocycles. The van der Waals surface area contributed by atoms with Crippen LogP contribution in [0.3, 0.4) is 0 Å². The fourth-order valence-corrected chi connectivity index (χ4v) is 2.80. The molecule has 110 valence electrons. The maximum atomic E-state index is 11.8. The lowest BCUT2D eigenvalue weighted by Crippen LogP contribution is -2.25. The van der Waals surface area contributed by atoms with Gasteiger partial charge >= 0.3 is 0 Å². The van der Waals surface area contributed by atoms with Gasteiger partial charge in [-0.2, -0.15) is 0 Å². The van der Waals surface area contributed by atoms with Crippen LogP contribution in [0.4, 0.5) is 11.4 Å². The predicted octanol–water partition coefficient (Wildman–Crippen LogP) is 1.76. The molecule has 1 aromatic rings. The predicted molar refractivity (Wildman–Crippen MR) is 81.5 cm³/mol. The van der Waals surface area contributed by atoms with E-state index in [0.29, 0.717) is 11.4 Å². The fourth-order valence-electron chi connectivity index (χ4n) is 2.51. The van der Waals surface area contributed by atoms with Crippen LogP contribution >= 0.6 is 11.6 Å². The van der Waals surface area contributed by atoms with E-state index in [1.807, 2.05) is 19.1 Å². The highest BCUT2D eigenvalue weighted by atomic mass is 35.5. The van der Waals surface area contributed by atoms with Gasteiger partial charge in [0.1, 0.15) is 6.04 Å². The van der Waals surface area contributed by atoms with Gasteiger partial charge in [0.15, 0.2) is 0 Å². The number of aliphatic hydroxyl groups excluding tert-OH is 1. The molecule has 1 atom stereocenters. The lowest BCUT2D eigenvalue weighted by Gasteiger charge is -2.24. The summed E-state index contributed by atoms with van der Waals surface area (Å²) >= 11 is 6.36. The molecule has 1 unspecified atom stereocenters. The second-order valence-electron chi connectivity index (χ2n) is 4.76. The smallest absolute Gasteiger partial charge is 0.246 e. The maximum Gasteiger partial charge on any atom is 0.246 e. The number of carbonyl (C=O) groups excluding carboxylic acids is 1. The number of likely N-dealkylation sites (N-methyl/N-ethyl adjacent to an activating group) is 1. The zero-order valence-corrected chi connectivity index (χ0v) is 12.5. The number of amides is 1. The standard InChI is InChI=1S/C14H20ClN3O2/c1-3-18(5-4-6-19)12-8-11-9(7-10(12)15)13(16-2)14(20)17-11/h7-8,13,16,19H,3-6H2,1-2H3,(H,17,20). The highest BCUT2D eigenvalue weighted by Crippen LogP contribution is 2.38. The minimum Gasteiger partial charge on any atom is -0.396 e. The van der Waals surface area contributed by atoms with E-state index < -0.39 is 0 Å². The van der Waals surface area contributed by atoms with Crippen LogP contribution in [0.1, 0.15) is 24.9 Å². The zero-order chi connectivity index (χ0) is 14.7. The molecule has 6 heteroatoms. The SMILES string of the molecule is CCN(CCCO)c1cc2c(cc1Cl)C(NC)C(=O)N2. The van der Waals surface area contributed by atoms with Crippen LogP contribution in [0.2, 0.25) is 5.02 Å². The summed E-state index contributed by atoms with van der Waals surface area (Å²) in [6, 6.07) is 3.41. The number of anilines is 2. The van der Waals surface area contributed by atoms with Gasteiger partial charge in [-0.15, -0.1) is 0 Å². The van der Waals surface area contributed by atoms with Crippen LogP contribution in [0.5, 0.6) is 0 Å². The first-order chi connectivity index (χ1) is 9.62. The molecule has 0 spiro atoms. The Balaban J connectivity index is 2.33. The fraction of sp³-hybridized carbons (Fsp3) is 0.500. The Morgan fingerprint density at radius 2 is 2.25 bits per heavy atom.